The number of benzene rings is 3. The summed E-state index contributed by atoms with van der Waals surface area (Å²) in [5.74, 6) is -1.64. The normalized spacial score (nSPS) is 14.3. The number of halogens is 3. The van der Waals surface area contributed by atoms with Gasteiger partial charge >= 0.3 is 0 Å². The Morgan fingerprint density at radius 1 is 0.915 bits per heavy atom. The summed E-state index contributed by atoms with van der Waals surface area (Å²) >= 11 is 6.37. The van der Waals surface area contributed by atoms with Crippen LogP contribution in [-0.4, -0.2) is 40.7 Å². The van der Waals surface area contributed by atoms with Crippen molar-refractivity contribution in [3.05, 3.63) is 125 Å². The lowest BCUT2D eigenvalue weighted by molar-refractivity contribution is -0.116. The molecule has 0 saturated carbocycles. The molecule has 1 aliphatic rings. The van der Waals surface area contributed by atoms with Gasteiger partial charge in [-0.25, -0.2) is 13.8 Å². The second kappa shape index (κ2) is 13.6. The molecule has 0 atom stereocenters. The number of piperidine rings is 1. The number of hydrogen-bond acceptors (Lipinski definition) is 5. The first-order valence-electron chi connectivity index (χ1n) is 15.1. The van der Waals surface area contributed by atoms with Crippen molar-refractivity contribution in [3.8, 4) is 33.6 Å². The zero-order chi connectivity index (χ0) is 33.0. The van der Waals surface area contributed by atoms with Crippen LogP contribution in [0.5, 0.6) is 0 Å². The first-order chi connectivity index (χ1) is 22.6. The van der Waals surface area contributed by atoms with E-state index in [9.17, 15) is 18.4 Å². The number of furan rings is 1. The number of hydrogen-bond donors (Lipinski definition) is 2. The third-order valence-electron chi connectivity index (χ3n) is 8.00. The summed E-state index contributed by atoms with van der Waals surface area (Å²) in [6.07, 6.45) is 4.02. The molecule has 10 heteroatoms. The summed E-state index contributed by atoms with van der Waals surface area (Å²) in [5.41, 5.74) is 11.2. The van der Waals surface area contributed by atoms with Crippen molar-refractivity contribution >= 4 is 35.3 Å². The molecule has 2 aromatic heterocycles. The Kier molecular flexibility index (Phi) is 9.17. The number of anilines is 1. The van der Waals surface area contributed by atoms with E-state index in [1.165, 1.54) is 11.0 Å². The predicted octanol–water partition coefficient (Wildman–Crippen LogP) is 8.11. The Labute approximate surface area is 275 Å². The van der Waals surface area contributed by atoms with E-state index in [2.05, 4.69) is 10.3 Å². The molecule has 1 aliphatic heterocycles. The molecular weight excluding hydrogens is 622 g/mol. The topological polar surface area (TPSA) is 101 Å². The highest BCUT2D eigenvalue weighted by Gasteiger charge is 2.35. The fourth-order valence-electron chi connectivity index (χ4n) is 5.40. The van der Waals surface area contributed by atoms with Crippen LogP contribution >= 0.6 is 11.6 Å². The van der Waals surface area contributed by atoms with Crippen LogP contribution in [0.15, 0.2) is 108 Å². The lowest BCUT2D eigenvalue weighted by Crippen LogP contribution is -2.42. The molecule has 3 N–H and O–H groups in total. The number of nitrogens with zero attached hydrogens (tertiary/aromatic N) is 2. The number of amides is 2. The van der Waals surface area contributed by atoms with Crippen LogP contribution in [-0.2, 0) is 11.3 Å². The maximum atomic E-state index is 13.6. The van der Waals surface area contributed by atoms with Crippen LogP contribution in [0.3, 0.4) is 0 Å². The smallest absolute Gasteiger partial charge is 0.253 e. The third kappa shape index (κ3) is 7.76. The van der Waals surface area contributed by atoms with Crippen molar-refractivity contribution in [2.75, 3.05) is 18.8 Å². The van der Waals surface area contributed by atoms with E-state index < -0.39 is 5.92 Å². The molecule has 1 fully saturated rings. The highest BCUT2D eigenvalue weighted by Crippen LogP contribution is 2.37. The predicted molar refractivity (Wildman–Crippen MR) is 180 cm³/mol. The lowest BCUT2D eigenvalue weighted by atomic mass is 9.93. The van der Waals surface area contributed by atoms with E-state index in [-0.39, 0.29) is 44.3 Å². The summed E-state index contributed by atoms with van der Waals surface area (Å²) in [4.78, 5) is 30.8. The molecule has 0 radical (unpaired) electrons. The Balaban J connectivity index is 1.20. The van der Waals surface area contributed by atoms with Gasteiger partial charge in [0.15, 0.2) is 0 Å². The average molecular weight is 653 g/mol. The van der Waals surface area contributed by atoms with Gasteiger partial charge in [0.2, 0.25) is 5.91 Å². The van der Waals surface area contributed by atoms with Gasteiger partial charge in [0.25, 0.3) is 11.8 Å². The molecule has 0 aliphatic carbocycles. The van der Waals surface area contributed by atoms with Gasteiger partial charge in [-0.1, -0.05) is 41.9 Å². The number of rotatable bonds is 8. The number of nitrogens with two attached hydrogens (primary N) is 1. The van der Waals surface area contributed by atoms with E-state index in [1.807, 2.05) is 60.7 Å². The van der Waals surface area contributed by atoms with Crippen LogP contribution in [0.4, 0.5) is 14.6 Å². The molecule has 6 rings (SSSR count). The Morgan fingerprint density at radius 3 is 2.40 bits per heavy atom. The maximum absolute atomic E-state index is 13.6. The van der Waals surface area contributed by atoms with Crippen molar-refractivity contribution < 1.29 is 22.8 Å². The average Bonchev–Trinajstić information content (AvgIpc) is 3.55. The maximum Gasteiger partial charge on any atom is 0.253 e. The number of alkyl halides is 2. The number of nitrogen functional groups attached to an aromatic ring is 1. The number of carbonyl (C=O) groups excluding carboxylic acids is 2. The summed E-state index contributed by atoms with van der Waals surface area (Å²) in [6, 6.07) is 27.8. The first kappa shape index (κ1) is 31.7. The fourth-order valence-corrected chi connectivity index (χ4v) is 5.59. The minimum Gasteiger partial charge on any atom is -0.459 e. The van der Waals surface area contributed by atoms with E-state index >= 15 is 0 Å². The van der Waals surface area contributed by atoms with Gasteiger partial charge in [-0.2, -0.15) is 0 Å². The summed E-state index contributed by atoms with van der Waals surface area (Å²) in [6.45, 7) is 0.273. The molecule has 238 valence electrons. The summed E-state index contributed by atoms with van der Waals surface area (Å²) in [5, 5.41) is 3.41. The fraction of sp³-hybridized carbons (Fsp3) is 0.162. The minimum atomic E-state index is -2.71. The molecule has 3 aromatic carbocycles. The Bertz CT molecular complexity index is 1930. The molecule has 47 heavy (non-hydrogen) atoms. The SMILES string of the molecule is Nc1ccc(/C=C/C(=O)NCc2ccc(-c3ccc(-c4ccc(C(=O)N5CCC(F)(F)CC5)cc4)cc3-c3cccc(Cl)c3)o2)cn1. The zero-order valence-electron chi connectivity index (χ0n) is 25.3. The van der Waals surface area contributed by atoms with Gasteiger partial charge in [-0.05, 0) is 94.6 Å². The molecule has 3 heterocycles. The zero-order valence-corrected chi connectivity index (χ0v) is 26.0. The van der Waals surface area contributed by atoms with Crippen LogP contribution in [0.1, 0.15) is 34.5 Å². The Hall–Kier alpha value is -5.28. The lowest BCUT2D eigenvalue weighted by Gasteiger charge is -2.31. The number of aromatic nitrogens is 1. The molecule has 7 nitrogen and oxygen atoms in total. The van der Waals surface area contributed by atoms with Crippen LogP contribution in [0, 0.1) is 0 Å². The van der Waals surface area contributed by atoms with Crippen molar-refractivity contribution in [2.24, 2.45) is 0 Å². The molecule has 5 aromatic rings. The number of likely N-dealkylation sites (tertiary alicyclic amines) is 1. The minimum absolute atomic E-state index is 0.0401. The van der Waals surface area contributed by atoms with Gasteiger partial charge in [-0.15, -0.1) is 0 Å². The molecular formula is C37H31ClF2N4O3. The number of nitrogens with one attached hydrogen (secondary N) is 1. The van der Waals surface area contributed by atoms with Crippen molar-refractivity contribution in [2.45, 2.75) is 25.3 Å². The van der Waals surface area contributed by atoms with Crippen LogP contribution in [0.2, 0.25) is 5.02 Å². The van der Waals surface area contributed by atoms with E-state index in [4.69, 9.17) is 21.8 Å². The van der Waals surface area contributed by atoms with Crippen molar-refractivity contribution in [3.63, 3.8) is 0 Å². The highest BCUT2D eigenvalue weighted by molar-refractivity contribution is 6.30. The van der Waals surface area contributed by atoms with E-state index in [0.29, 0.717) is 27.9 Å². The molecule has 0 spiro atoms. The van der Waals surface area contributed by atoms with Gasteiger partial charge in [0.1, 0.15) is 17.3 Å². The standard InChI is InChI=1S/C37H31ClF2N4O3/c38-29-3-1-2-28(20-29)32-21-27(25-6-8-26(9-7-25)36(46)44-18-16-37(39,40)17-19-44)10-12-31(32)33-13-11-30(47-33)23-43-35(45)15-5-24-4-14-34(41)42-22-24/h1-15,20-22H,16-19,23H2,(H2,41,42)(H,43,45)/b15-5+. The van der Waals surface area contributed by atoms with Crippen LogP contribution in [0.25, 0.3) is 39.7 Å². The molecule has 1 saturated heterocycles. The number of pyridine rings is 1. The van der Waals surface area contributed by atoms with Gasteiger partial charge in [0.05, 0.1) is 6.54 Å². The van der Waals surface area contributed by atoms with Gasteiger partial charge in [-0.3, -0.25) is 9.59 Å². The second-order valence-corrected chi connectivity index (χ2v) is 11.8. The third-order valence-corrected chi connectivity index (χ3v) is 8.24. The number of carbonyl (C=O) groups is 2. The summed E-state index contributed by atoms with van der Waals surface area (Å²) < 4.78 is 33.3. The van der Waals surface area contributed by atoms with Crippen molar-refractivity contribution in [1.82, 2.24) is 15.2 Å². The quantitative estimate of drug-likeness (QED) is 0.165. The monoisotopic (exact) mass is 652 g/mol. The van der Waals surface area contributed by atoms with Crippen LogP contribution < -0.4 is 11.1 Å². The Morgan fingerprint density at radius 2 is 1.68 bits per heavy atom. The molecule has 0 bridgehead atoms. The second-order valence-electron chi connectivity index (χ2n) is 11.3. The van der Waals surface area contributed by atoms with Gasteiger partial charge < -0.3 is 20.4 Å². The highest BCUT2D eigenvalue weighted by atomic mass is 35.5. The largest absolute Gasteiger partial charge is 0.459 e. The van der Waals surface area contributed by atoms with Crippen molar-refractivity contribution in [1.29, 1.82) is 0 Å². The molecule has 0 unspecified atom stereocenters. The molecule has 2 amide bonds. The summed E-state index contributed by atoms with van der Waals surface area (Å²) in [7, 11) is 0. The first-order valence-corrected chi connectivity index (χ1v) is 15.5. The van der Waals surface area contributed by atoms with E-state index in [1.54, 1.807) is 42.6 Å². The van der Waals surface area contributed by atoms with Gasteiger partial charge in [0, 0.05) is 54.4 Å². The van der Waals surface area contributed by atoms with E-state index in [0.717, 1.165) is 33.4 Å².